The molecule has 1 aromatic rings. The SMILES string of the molecule is Cc1c(N)nc(C2CC2)nc1N1CCOC(CO)C1. The molecule has 1 aliphatic carbocycles. The lowest BCUT2D eigenvalue weighted by molar-refractivity contribution is 0.00332. The van der Waals surface area contributed by atoms with Crippen LogP contribution in [0.5, 0.6) is 0 Å². The van der Waals surface area contributed by atoms with Gasteiger partial charge in [-0.3, -0.25) is 0 Å². The van der Waals surface area contributed by atoms with Gasteiger partial charge in [0.05, 0.1) is 19.3 Å². The van der Waals surface area contributed by atoms with E-state index in [4.69, 9.17) is 10.5 Å². The van der Waals surface area contributed by atoms with Crippen LogP contribution in [0.25, 0.3) is 0 Å². The maximum absolute atomic E-state index is 9.22. The van der Waals surface area contributed by atoms with Gasteiger partial charge in [0, 0.05) is 24.6 Å². The number of morpholine rings is 1. The number of nitrogens with two attached hydrogens (primary N) is 1. The Balaban J connectivity index is 1.89. The van der Waals surface area contributed by atoms with Crippen molar-refractivity contribution in [1.29, 1.82) is 0 Å². The summed E-state index contributed by atoms with van der Waals surface area (Å²) in [6.07, 6.45) is 2.17. The first kappa shape index (κ1) is 12.6. The molecule has 3 rings (SSSR count). The number of anilines is 2. The number of aliphatic hydroxyl groups excluding tert-OH is 1. The molecule has 0 radical (unpaired) electrons. The number of aromatic nitrogens is 2. The third-order valence-electron chi connectivity index (χ3n) is 3.76. The van der Waals surface area contributed by atoms with Crippen LogP contribution in [0, 0.1) is 6.92 Å². The summed E-state index contributed by atoms with van der Waals surface area (Å²) in [4.78, 5) is 11.2. The van der Waals surface area contributed by atoms with Crippen LogP contribution in [0.1, 0.15) is 30.1 Å². The fourth-order valence-corrected chi connectivity index (χ4v) is 2.39. The molecule has 2 heterocycles. The number of hydrogen-bond acceptors (Lipinski definition) is 6. The van der Waals surface area contributed by atoms with Crippen LogP contribution in [0.2, 0.25) is 0 Å². The minimum absolute atomic E-state index is 0.0333. The van der Waals surface area contributed by atoms with E-state index in [1.807, 2.05) is 6.92 Å². The lowest BCUT2D eigenvalue weighted by atomic mass is 10.2. The van der Waals surface area contributed by atoms with Gasteiger partial charge in [0.15, 0.2) is 0 Å². The molecular weight excluding hydrogens is 244 g/mol. The Kier molecular flexibility index (Phi) is 3.28. The summed E-state index contributed by atoms with van der Waals surface area (Å²) >= 11 is 0. The number of nitrogen functional groups attached to an aromatic ring is 1. The van der Waals surface area contributed by atoms with Crippen LogP contribution in [0.3, 0.4) is 0 Å². The predicted molar refractivity (Wildman–Crippen MR) is 72.2 cm³/mol. The molecule has 1 aromatic heterocycles. The zero-order valence-corrected chi connectivity index (χ0v) is 11.2. The third kappa shape index (κ3) is 2.50. The number of nitrogens with zero attached hydrogens (tertiary/aromatic N) is 3. The zero-order chi connectivity index (χ0) is 13.4. The molecule has 0 bridgehead atoms. The van der Waals surface area contributed by atoms with Crippen LogP contribution in [0.15, 0.2) is 0 Å². The quantitative estimate of drug-likeness (QED) is 0.824. The van der Waals surface area contributed by atoms with E-state index in [-0.39, 0.29) is 12.7 Å². The summed E-state index contributed by atoms with van der Waals surface area (Å²) < 4.78 is 5.47. The van der Waals surface area contributed by atoms with Crippen molar-refractivity contribution >= 4 is 11.6 Å². The maximum Gasteiger partial charge on any atom is 0.137 e. The van der Waals surface area contributed by atoms with Crippen molar-refractivity contribution in [2.75, 3.05) is 36.9 Å². The first-order valence-electron chi connectivity index (χ1n) is 6.80. The van der Waals surface area contributed by atoms with Gasteiger partial charge in [0.2, 0.25) is 0 Å². The molecule has 1 saturated heterocycles. The van der Waals surface area contributed by atoms with Gasteiger partial charge in [-0.1, -0.05) is 0 Å². The van der Waals surface area contributed by atoms with Crippen LogP contribution < -0.4 is 10.6 Å². The first-order chi connectivity index (χ1) is 9.19. The summed E-state index contributed by atoms with van der Waals surface area (Å²) in [5, 5.41) is 9.22. The average Bonchev–Trinajstić information content (AvgIpc) is 3.26. The highest BCUT2D eigenvalue weighted by molar-refractivity contribution is 5.57. The molecule has 0 spiro atoms. The van der Waals surface area contributed by atoms with Crippen LogP contribution >= 0.6 is 0 Å². The highest BCUT2D eigenvalue weighted by atomic mass is 16.5. The molecule has 1 unspecified atom stereocenters. The molecule has 6 heteroatoms. The molecule has 2 fully saturated rings. The first-order valence-corrected chi connectivity index (χ1v) is 6.80. The Morgan fingerprint density at radius 1 is 1.42 bits per heavy atom. The lowest BCUT2D eigenvalue weighted by Crippen LogP contribution is -2.45. The second kappa shape index (κ2) is 4.94. The molecule has 1 atom stereocenters. The van der Waals surface area contributed by atoms with Crippen molar-refractivity contribution in [3.8, 4) is 0 Å². The minimum atomic E-state index is -0.145. The molecule has 3 N–H and O–H groups in total. The van der Waals surface area contributed by atoms with Crippen LogP contribution in [0.4, 0.5) is 11.6 Å². The average molecular weight is 264 g/mol. The normalized spacial score (nSPS) is 23.7. The lowest BCUT2D eigenvalue weighted by Gasteiger charge is -2.34. The summed E-state index contributed by atoms with van der Waals surface area (Å²) in [5.74, 6) is 2.82. The van der Waals surface area contributed by atoms with Gasteiger partial charge < -0.3 is 20.5 Å². The molecule has 0 amide bonds. The van der Waals surface area contributed by atoms with E-state index in [0.29, 0.717) is 24.9 Å². The maximum atomic E-state index is 9.22. The fraction of sp³-hybridized carbons (Fsp3) is 0.692. The van der Waals surface area contributed by atoms with Gasteiger partial charge in [-0.05, 0) is 19.8 Å². The Hall–Kier alpha value is -1.40. The molecule has 2 aliphatic rings. The highest BCUT2D eigenvalue weighted by Crippen LogP contribution is 2.39. The van der Waals surface area contributed by atoms with Gasteiger partial charge in [0.25, 0.3) is 0 Å². The van der Waals surface area contributed by atoms with Crippen molar-refractivity contribution < 1.29 is 9.84 Å². The molecule has 0 aromatic carbocycles. The highest BCUT2D eigenvalue weighted by Gasteiger charge is 2.30. The Bertz CT molecular complexity index is 476. The second-order valence-corrected chi connectivity index (χ2v) is 5.31. The summed E-state index contributed by atoms with van der Waals surface area (Å²) in [6.45, 7) is 4.01. The number of aliphatic hydroxyl groups is 1. The van der Waals surface area contributed by atoms with Gasteiger partial charge in [-0.2, -0.15) is 0 Å². The van der Waals surface area contributed by atoms with Crippen LogP contribution in [-0.4, -0.2) is 47.5 Å². The summed E-state index contributed by atoms with van der Waals surface area (Å²) in [7, 11) is 0. The summed E-state index contributed by atoms with van der Waals surface area (Å²) in [6, 6.07) is 0. The molecule has 19 heavy (non-hydrogen) atoms. The molecule has 1 saturated carbocycles. The standard InChI is InChI=1S/C13H20N4O2/c1-8-11(14)15-12(9-2-3-9)16-13(8)17-4-5-19-10(6-17)7-18/h9-10,18H,2-7H2,1H3,(H2,14,15,16). The van der Waals surface area contributed by atoms with Crippen molar-refractivity contribution in [1.82, 2.24) is 9.97 Å². The van der Waals surface area contributed by atoms with Crippen molar-refractivity contribution in [3.05, 3.63) is 11.4 Å². The predicted octanol–water partition coefficient (Wildman–Crippen LogP) is 0.442. The van der Waals surface area contributed by atoms with E-state index in [2.05, 4.69) is 14.9 Å². The minimum Gasteiger partial charge on any atom is -0.394 e. The number of hydrogen-bond donors (Lipinski definition) is 2. The van der Waals surface area contributed by atoms with Crippen molar-refractivity contribution in [3.63, 3.8) is 0 Å². The van der Waals surface area contributed by atoms with Gasteiger partial charge >= 0.3 is 0 Å². The molecule has 6 nitrogen and oxygen atoms in total. The smallest absolute Gasteiger partial charge is 0.137 e. The topological polar surface area (TPSA) is 84.5 Å². The van der Waals surface area contributed by atoms with Gasteiger partial charge in [0.1, 0.15) is 17.5 Å². The fourth-order valence-electron chi connectivity index (χ4n) is 2.39. The molecule has 104 valence electrons. The Morgan fingerprint density at radius 3 is 2.89 bits per heavy atom. The zero-order valence-electron chi connectivity index (χ0n) is 11.2. The third-order valence-corrected chi connectivity index (χ3v) is 3.76. The van der Waals surface area contributed by atoms with E-state index >= 15 is 0 Å². The largest absolute Gasteiger partial charge is 0.394 e. The van der Waals surface area contributed by atoms with Crippen molar-refractivity contribution in [2.45, 2.75) is 31.8 Å². The second-order valence-electron chi connectivity index (χ2n) is 5.31. The van der Waals surface area contributed by atoms with E-state index in [0.717, 1.165) is 36.6 Å². The van der Waals surface area contributed by atoms with Gasteiger partial charge in [-0.25, -0.2) is 9.97 Å². The Morgan fingerprint density at radius 2 is 2.21 bits per heavy atom. The van der Waals surface area contributed by atoms with Crippen molar-refractivity contribution in [2.24, 2.45) is 0 Å². The van der Waals surface area contributed by atoms with E-state index in [1.165, 1.54) is 0 Å². The van der Waals surface area contributed by atoms with Crippen LogP contribution in [-0.2, 0) is 4.74 Å². The van der Waals surface area contributed by atoms with E-state index in [1.54, 1.807) is 0 Å². The van der Waals surface area contributed by atoms with Gasteiger partial charge in [-0.15, -0.1) is 0 Å². The number of rotatable bonds is 3. The Labute approximate surface area is 112 Å². The summed E-state index contributed by atoms with van der Waals surface area (Å²) in [5.41, 5.74) is 6.92. The molecule has 1 aliphatic heterocycles. The van der Waals surface area contributed by atoms with E-state index < -0.39 is 0 Å². The number of ether oxygens (including phenoxy) is 1. The monoisotopic (exact) mass is 264 g/mol. The molecular formula is C13H20N4O2. The van der Waals surface area contributed by atoms with E-state index in [9.17, 15) is 5.11 Å².